The highest BCUT2D eigenvalue weighted by molar-refractivity contribution is 5.94. The second kappa shape index (κ2) is 5.73. The summed E-state index contributed by atoms with van der Waals surface area (Å²) in [7, 11) is 0. The summed E-state index contributed by atoms with van der Waals surface area (Å²) in [6, 6.07) is 4.07. The number of phenolic OH excluding ortho intramolecular Hbond substituents is 2. The number of hydrogen-bond acceptors (Lipinski definition) is 4. The molecule has 1 saturated heterocycles. The van der Waals surface area contributed by atoms with Crippen LogP contribution in [0.3, 0.4) is 0 Å². The van der Waals surface area contributed by atoms with E-state index in [1.165, 1.54) is 18.2 Å². The van der Waals surface area contributed by atoms with Crippen LogP contribution >= 0.6 is 0 Å². The molecule has 1 aliphatic rings. The molecule has 0 spiro atoms. The zero-order valence-corrected chi connectivity index (χ0v) is 10.1. The van der Waals surface area contributed by atoms with E-state index >= 15 is 0 Å². The molecule has 18 heavy (non-hydrogen) atoms. The highest BCUT2D eigenvalue weighted by Crippen LogP contribution is 2.24. The van der Waals surface area contributed by atoms with Crippen LogP contribution in [0.5, 0.6) is 11.5 Å². The van der Waals surface area contributed by atoms with Crippen molar-refractivity contribution < 1.29 is 15.0 Å². The maximum atomic E-state index is 11.8. The van der Waals surface area contributed by atoms with E-state index in [2.05, 4.69) is 10.6 Å². The molecular formula is C13H18N2O3. The molecule has 98 valence electrons. The molecule has 1 unspecified atom stereocenters. The first kappa shape index (κ1) is 12.7. The molecule has 1 aromatic carbocycles. The van der Waals surface area contributed by atoms with Gasteiger partial charge in [-0.05, 0) is 50.0 Å². The maximum Gasteiger partial charge on any atom is 0.251 e. The fourth-order valence-electron chi connectivity index (χ4n) is 2.10. The van der Waals surface area contributed by atoms with Crippen molar-refractivity contribution in [3.63, 3.8) is 0 Å². The summed E-state index contributed by atoms with van der Waals surface area (Å²) in [6.45, 7) is 2.62. The van der Waals surface area contributed by atoms with E-state index in [4.69, 9.17) is 5.11 Å². The Morgan fingerprint density at radius 3 is 2.89 bits per heavy atom. The monoisotopic (exact) mass is 250 g/mol. The lowest BCUT2D eigenvalue weighted by atomic mass is 9.99. The third-order valence-corrected chi connectivity index (χ3v) is 3.19. The number of nitrogens with one attached hydrogen (secondary N) is 2. The van der Waals surface area contributed by atoms with E-state index in [1.807, 2.05) is 0 Å². The van der Waals surface area contributed by atoms with E-state index < -0.39 is 0 Å². The number of rotatable bonds is 3. The van der Waals surface area contributed by atoms with Gasteiger partial charge in [0.25, 0.3) is 5.91 Å². The standard InChI is InChI=1S/C13H18N2O3/c16-11-4-3-10(6-12(11)17)13(18)15-8-9-2-1-5-14-7-9/h3-4,6,9,14,16-17H,1-2,5,7-8H2,(H,15,18). The third kappa shape index (κ3) is 3.13. The molecule has 0 aliphatic carbocycles. The van der Waals surface area contributed by atoms with Gasteiger partial charge in [-0.3, -0.25) is 4.79 Å². The fourth-order valence-corrected chi connectivity index (χ4v) is 2.10. The van der Waals surface area contributed by atoms with E-state index in [-0.39, 0.29) is 17.4 Å². The van der Waals surface area contributed by atoms with Gasteiger partial charge in [0.15, 0.2) is 11.5 Å². The van der Waals surface area contributed by atoms with Crippen LogP contribution in [-0.4, -0.2) is 35.8 Å². The summed E-state index contributed by atoms with van der Waals surface area (Å²) in [5.74, 6) is -0.255. The number of phenols is 2. The summed E-state index contributed by atoms with van der Waals surface area (Å²) in [5.41, 5.74) is 0.356. The molecule has 1 amide bonds. The lowest BCUT2D eigenvalue weighted by Crippen LogP contribution is -2.38. The first-order valence-electron chi connectivity index (χ1n) is 6.17. The molecule has 5 nitrogen and oxygen atoms in total. The lowest BCUT2D eigenvalue weighted by Gasteiger charge is -2.22. The quantitative estimate of drug-likeness (QED) is 0.599. The van der Waals surface area contributed by atoms with Crippen LogP contribution in [0.25, 0.3) is 0 Å². The summed E-state index contributed by atoms with van der Waals surface area (Å²) in [6.07, 6.45) is 2.26. The number of benzene rings is 1. The van der Waals surface area contributed by atoms with Crippen LogP contribution in [0.15, 0.2) is 18.2 Å². The molecule has 0 bridgehead atoms. The number of carbonyl (C=O) groups excluding carboxylic acids is 1. The Labute approximate surface area is 106 Å². The number of amides is 1. The van der Waals surface area contributed by atoms with Crippen LogP contribution < -0.4 is 10.6 Å². The van der Waals surface area contributed by atoms with Gasteiger partial charge >= 0.3 is 0 Å². The maximum absolute atomic E-state index is 11.8. The molecule has 5 heteroatoms. The Hall–Kier alpha value is -1.75. The average Bonchev–Trinajstić information content (AvgIpc) is 2.40. The van der Waals surface area contributed by atoms with Crippen LogP contribution in [0.2, 0.25) is 0 Å². The van der Waals surface area contributed by atoms with Gasteiger partial charge in [0.1, 0.15) is 0 Å². The predicted octanol–water partition coefficient (Wildman–Crippen LogP) is 0.827. The summed E-state index contributed by atoms with van der Waals surface area (Å²) in [4.78, 5) is 11.8. The van der Waals surface area contributed by atoms with Crippen molar-refractivity contribution in [3.8, 4) is 11.5 Å². The minimum Gasteiger partial charge on any atom is -0.504 e. The smallest absolute Gasteiger partial charge is 0.251 e. The summed E-state index contributed by atoms with van der Waals surface area (Å²) < 4.78 is 0. The highest BCUT2D eigenvalue weighted by Gasteiger charge is 2.15. The molecule has 1 fully saturated rings. The topological polar surface area (TPSA) is 81.6 Å². The summed E-state index contributed by atoms with van der Waals surface area (Å²) in [5, 5.41) is 24.6. The minimum atomic E-state index is -0.276. The van der Waals surface area contributed by atoms with Crippen LogP contribution in [-0.2, 0) is 0 Å². The molecular weight excluding hydrogens is 232 g/mol. The highest BCUT2D eigenvalue weighted by atomic mass is 16.3. The van der Waals surface area contributed by atoms with Gasteiger partial charge in [0, 0.05) is 12.1 Å². The Bertz CT molecular complexity index is 428. The molecule has 4 N–H and O–H groups in total. The Morgan fingerprint density at radius 2 is 2.22 bits per heavy atom. The molecule has 2 rings (SSSR count). The van der Waals surface area contributed by atoms with Crippen molar-refractivity contribution in [1.29, 1.82) is 0 Å². The van der Waals surface area contributed by atoms with Crippen molar-refractivity contribution in [3.05, 3.63) is 23.8 Å². The molecule has 1 aliphatic heterocycles. The van der Waals surface area contributed by atoms with Crippen molar-refractivity contribution in [2.45, 2.75) is 12.8 Å². The van der Waals surface area contributed by atoms with Crippen molar-refractivity contribution in [1.82, 2.24) is 10.6 Å². The molecule has 1 heterocycles. The minimum absolute atomic E-state index is 0.219. The predicted molar refractivity (Wildman–Crippen MR) is 67.7 cm³/mol. The van der Waals surface area contributed by atoms with E-state index in [9.17, 15) is 9.90 Å². The van der Waals surface area contributed by atoms with Gasteiger partial charge in [0.05, 0.1) is 0 Å². The normalized spacial score (nSPS) is 19.4. The fraction of sp³-hybridized carbons (Fsp3) is 0.462. The Morgan fingerprint density at radius 1 is 1.39 bits per heavy atom. The largest absolute Gasteiger partial charge is 0.504 e. The van der Waals surface area contributed by atoms with Crippen molar-refractivity contribution >= 4 is 5.91 Å². The molecule has 1 atom stereocenters. The Kier molecular flexibility index (Phi) is 4.04. The van der Waals surface area contributed by atoms with Gasteiger partial charge in [-0.25, -0.2) is 0 Å². The SMILES string of the molecule is O=C(NCC1CCCNC1)c1ccc(O)c(O)c1. The first-order valence-corrected chi connectivity index (χ1v) is 6.17. The third-order valence-electron chi connectivity index (χ3n) is 3.19. The Balaban J connectivity index is 1.88. The van der Waals surface area contributed by atoms with Gasteiger partial charge in [-0.2, -0.15) is 0 Å². The second-order valence-corrected chi connectivity index (χ2v) is 4.63. The van der Waals surface area contributed by atoms with Crippen LogP contribution in [0.1, 0.15) is 23.2 Å². The molecule has 0 aromatic heterocycles. The zero-order chi connectivity index (χ0) is 13.0. The van der Waals surface area contributed by atoms with Gasteiger partial charge in [0.2, 0.25) is 0 Å². The second-order valence-electron chi connectivity index (χ2n) is 4.63. The molecule has 0 saturated carbocycles. The van der Waals surface area contributed by atoms with Crippen molar-refractivity contribution in [2.24, 2.45) is 5.92 Å². The van der Waals surface area contributed by atoms with E-state index in [0.717, 1.165) is 25.9 Å². The average molecular weight is 250 g/mol. The zero-order valence-electron chi connectivity index (χ0n) is 10.1. The molecule has 1 aromatic rings. The molecule has 0 radical (unpaired) electrons. The van der Waals surface area contributed by atoms with Crippen LogP contribution in [0.4, 0.5) is 0 Å². The number of carbonyl (C=O) groups is 1. The van der Waals surface area contributed by atoms with Crippen LogP contribution in [0, 0.1) is 5.92 Å². The van der Waals surface area contributed by atoms with Gasteiger partial charge < -0.3 is 20.8 Å². The summed E-state index contributed by atoms with van der Waals surface area (Å²) >= 11 is 0. The number of aromatic hydroxyl groups is 2. The number of hydrogen-bond donors (Lipinski definition) is 4. The number of piperidine rings is 1. The lowest BCUT2D eigenvalue weighted by molar-refractivity contribution is 0.0944. The van der Waals surface area contributed by atoms with Gasteiger partial charge in [-0.15, -0.1) is 0 Å². The first-order chi connectivity index (χ1) is 8.66. The van der Waals surface area contributed by atoms with E-state index in [1.54, 1.807) is 0 Å². The van der Waals surface area contributed by atoms with Gasteiger partial charge in [-0.1, -0.05) is 0 Å². The van der Waals surface area contributed by atoms with Crippen molar-refractivity contribution in [2.75, 3.05) is 19.6 Å². The van der Waals surface area contributed by atoms with E-state index in [0.29, 0.717) is 18.0 Å².